The summed E-state index contributed by atoms with van der Waals surface area (Å²) in [6, 6.07) is 19.1. The van der Waals surface area contributed by atoms with Crippen molar-refractivity contribution >= 4 is 44.0 Å². The van der Waals surface area contributed by atoms with E-state index in [-0.39, 0.29) is 18.5 Å². The molecule has 9 heteroatoms. The van der Waals surface area contributed by atoms with Crippen LogP contribution in [0.2, 0.25) is 0 Å². The Kier molecular flexibility index (Phi) is 9.12. The number of nitrogens with zero attached hydrogens (tertiary/aromatic N) is 2. The molecule has 2 aromatic heterocycles. The van der Waals surface area contributed by atoms with Crippen LogP contribution in [0.4, 0.5) is 0 Å². The van der Waals surface area contributed by atoms with Gasteiger partial charge in [0.05, 0.1) is 21.3 Å². The summed E-state index contributed by atoms with van der Waals surface area (Å²) in [5.74, 6) is 1.66. The first kappa shape index (κ1) is 27.7. The maximum absolute atomic E-state index is 12.5. The average molecular weight is 643 g/mol. The Morgan fingerprint density at radius 1 is 1.05 bits per heavy atom. The van der Waals surface area contributed by atoms with E-state index in [0.29, 0.717) is 11.5 Å². The number of carbonyl (C=O) groups is 1. The molecule has 2 aromatic carbocycles. The maximum atomic E-state index is 12.5. The third-order valence-electron chi connectivity index (χ3n) is 5.93. The van der Waals surface area contributed by atoms with E-state index in [1.807, 2.05) is 43.3 Å². The summed E-state index contributed by atoms with van der Waals surface area (Å²) >= 11 is 7.07. The molecule has 4 rings (SSSR count). The number of hydrogen-bond donors (Lipinski definition) is 1. The van der Waals surface area contributed by atoms with Crippen LogP contribution in [0, 0.1) is 13.8 Å². The van der Waals surface area contributed by atoms with Crippen molar-refractivity contribution in [3.8, 4) is 17.2 Å². The van der Waals surface area contributed by atoms with Crippen molar-refractivity contribution in [3.05, 3.63) is 98.1 Å². The molecule has 2 heterocycles. The Labute approximate surface area is 239 Å². The fraction of sp³-hybridized carbons (Fsp3) is 0.241. The fourth-order valence-electron chi connectivity index (χ4n) is 3.77. The highest BCUT2D eigenvalue weighted by atomic mass is 79.9. The van der Waals surface area contributed by atoms with Crippen molar-refractivity contribution in [2.45, 2.75) is 46.8 Å². The first-order chi connectivity index (χ1) is 18.2. The Bertz CT molecular complexity index is 1400. The molecule has 0 fully saturated rings. The second kappa shape index (κ2) is 12.5. The molecule has 0 unspecified atom stereocenters. The van der Waals surface area contributed by atoms with Crippen molar-refractivity contribution in [2.24, 2.45) is 5.10 Å². The normalized spacial score (nSPS) is 12.1. The molecule has 1 N–H and O–H groups in total. The van der Waals surface area contributed by atoms with Crippen molar-refractivity contribution in [3.63, 3.8) is 0 Å². The number of hydrazone groups is 1. The van der Waals surface area contributed by atoms with Crippen LogP contribution in [-0.4, -0.2) is 22.8 Å². The third kappa shape index (κ3) is 6.76. The van der Waals surface area contributed by atoms with Gasteiger partial charge in [0, 0.05) is 17.1 Å². The Morgan fingerprint density at radius 2 is 1.71 bits per heavy atom. The van der Waals surface area contributed by atoms with Crippen LogP contribution in [0.25, 0.3) is 5.69 Å². The van der Waals surface area contributed by atoms with E-state index in [0.717, 1.165) is 32.4 Å². The molecule has 38 heavy (non-hydrogen) atoms. The van der Waals surface area contributed by atoms with Gasteiger partial charge in [-0.3, -0.25) is 4.79 Å². The third-order valence-corrected chi connectivity index (χ3v) is 7.10. The zero-order valence-corrected chi connectivity index (χ0v) is 24.8. The lowest BCUT2D eigenvalue weighted by atomic mass is 10.2. The minimum atomic E-state index is -0.454. The molecule has 0 saturated heterocycles. The lowest BCUT2D eigenvalue weighted by Crippen LogP contribution is -2.16. The van der Waals surface area contributed by atoms with E-state index >= 15 is 0 Å². The zero-order chi connectivity index (χ0) is 27.2. The molecule has 1 atom stereocenters. The molecule has 0 spiro atoms. The molecule has 0 radical (unpaired) electrons. The van der Waals surface area contributed by atoms with E-state index < -0.39 is 5.91 Å². The number of nitrogens with one attached hydrogen (secondary N) is 1. The number of rotatable bonds is 10. The molecule has 0 bridgehead atoms. The van der Waals surface area contributed by atoms with Crippen LogP contribution in [0.15, 0.2) is 79.1 Å². The zero-order valence-electron chi connectivity index (χ0n) is 21.6. The minimum Gasteiger partial charge on any atom is -0.488 e. The summed E-state index contributed by atoms with van der Waals surface area (Å²) in [6.07, 6.45) is 2.54. The topological polar surface area (TPSA) is 78.0 Å². The Hall–Kier alpha value is -3.30. The molecule has 0 aliphatic carbocycles. The number of amides is 1. The molecular formula is C29H29Br2N3O4. The maximum Gasteiger partial charge on any atom is 0.307 e. The predicted molar refractivity (Wildman–Crippen MR) is 156 cm³/mol. The van der Waals surface area contributed by atoms with E-state index in [1.165, 1.54) is 11.4 Å². The second-order valence-corrected chi connectivity index (χ2v) is 10.6. The summed E-state index contributed by atoms with van der Waals surface area (Å²) in [7, 11) is 0. The SMILES string of the molecule is CC[C@@H](C)Oc1c(Br)cc(/C=N/NC(=O)c2ccc(COc3ccc(-n4c(C)ccc4C)cc3)o2)cc1Br. The summed E-state index contributed by atoms with van der Waals surface area (Å²) in [4.78, 5) is 12.5. The average Bonchev–Trinajstić information content (AvgIpc) is 3.51. The molecule has 198 valence electrons. The summed E-state index contributed by atoms with van der Waals surface area (Å²) < 4.78 is 21.2. The number of ether oxygens (including phenoxy) is 2. The first-order valence-electron chi connectivity index (χ1n) is 12.2. The molecule has 0 aliphatic rings. The lowest BCUT2D eigenvalue weighted by molar-refractivity contribution is 0.0923. The number of furan rings is 1. The number of benzene rings is 2. The molecule has 1 amide bonds. The molecule has 7 nitrogen and oxygen atoms in total. The largest absolute Gasteiger partial charge is 0.488 e. The van der Waals surface area contributed by atoms with Crippen LogP contribution in [0.3, 0.4) is 0 Å². The number of aromatic nitrogens is 1. The van der Waals surface area contributed by atoms with E-state index in [2.05, 4.69) is 79.9 Å². The van der Waals surface area contributed by atoms with Crippen LogP contribution >= 0.6 is 31.9 Å². The second-order valence-electron chi connectivity index (χ2n) is 8.85. The van der Waals surface area contributed by atoms with Crippen LogP contribution in [-0.2, 0) is 6.61 Å². The highest BCUT2D eigenvalue weighted by Crippen LogP contribution is 2.35. The molecular weight excluding hydrogens is 614 g/mol. The Balaban J connectivity index is 1.31. The number of aryl methyl sites for hydroxylation is 2. The molecule has 0 saturated carbocycles. The summed E-state index contributed by atoms with van der Waals surface area (Å²) in [5, 5.41) is 4.05. The van der Waals surface area contributed by atoms with Gasteiger partial charge >= 0.3 is 5.91 Å². The van der Waals surface area contributed by atoms with Crippen LogP contribution < -0.4 is 14.9 Å². The van der Waals surface area contributed by atoms with Gasteiger partial charge in [-0.25, -0.2) is 5.43 Å². The fourth-order valence-corrected chi connectivity index (χ4v) is 5.18. The van der Waals surface area contributed by atoms with Gasteiger partial charge in [0.2, 0.25) is 0 Å². The highest BCUT2D eigenvalue weighted by Gasteiger charge is 2.13. The quantitative estimate of drug-likeness (QED) is 0.142. The van der Waals surface area contributed by atoms with Crippen LogP contribution in [0.5, 0.6) is 11.5 Å². The van der Waals surface area contributed by atoms with Gasteiger partial charge in [-0.05, 0) is 125 Å². The van der Waals surface area contributed by atoms with E-state index in [4.69, 9.17) is 13.9 Å². The van der Waals surface area contributed by atoms with Crippen molar-refractivity contribution in [1.82, 2.24) is 9.99 Å². The van der Waals surface area contributed by atoms with E-state index in [9.17, 15) is 4.79 Å². The summed E-state index contributed by atoms with van der Waals surface area (Å²) in [6.45, 7) is 8.43. The van der Waals surface area contributed by atoms with Crippen molar-refractivity contribution in [1.29, 1.82) is 0 Å². The van der Waals surface area contributed by atoms with Crippen molar-refractivity contribution in [2.75, 3.05) is 0 Å². The van der Waals surface area contributed by atoms with Gasteiger partial charge < -0.3 is 18.5 Å². The lowest BCUT2D eigenvalue weighted by Gasteiger charge is -2.16. The van der Waals surface area contributed by atoms with Crippen molar-refractivity contribution < 1.29 is 18.7 Å². The van der Waals surface area contributed by atoms with Gasteiger partial charge in [-0.1, -0.05) is 6.92 Å². The number of hydrogen-bond acceptors (Lipinski definition) is 5. The molecule has 0 aliphatic heterocycles. The number of carbonyl (C=O) groups excluding carboxylic acids is 1. The minimum absolute atomic E-state index is 0.0919. The molecule has 4 aromatic rings. The van der Waals surface area contributed by atoms with Gasteiger partial charge in [0.1, 0.15) is 23.9 Å². The van der Waals surface area contributed by atoms with Gasteiger partial charge in [-0.15, -0.1) is 0 Å². The monoisotopic (exact) mass is 641 g/mol. The van der Waals surface area contributed by atoms with Crippen LogP contribution in [0.1, 0.15) is 53.5 Å². The van der Waals surface area contributed by atoms with Gasteiger partial charge in [-0.2, -0.15) is 5.10 Å². The van der Waals surface area contributed by atoms with E-state index in [1.54, 1.807) is 18.3 Å². The highest BCUT2D eigenvalue weighted by molar-refractivity contribution is 9.11. The summed E-state index contributed by atoms with van der Waals surface area (Å²) in [5.41, 5.74) is 6.69. The standard InChI is InChI=1S/C29H29Br2N3O4/c1-5-20(4)37-28-25(30)14-21(15-26(28)31)16-32-33-29(35)27-13-12-24(38-27)17-36-23-10-8-22(9-11-23)34-18(2)6-7-19(34)3/h6-16,20H,5,17H2,1-4H3,(H,33,35)/b32-16+/t20-/m1/s1. The first-order valence-corrected chi connectivity index (χ1v) is 13.8. The number of halogens is 2. The van der Waals surface area contributed by atoms with Gasteiger partial charge in [0.15, 0.2) is 5.76 Å². The Morgan fingerprint density at radius 3 is 2.34 bits per heavy atom. The van der Waals surface area contributed by atoms with Gasteiger partial charge in [0.25, 0.3) is 0 Å². The predicted octanol–water partition coefficient (Wildman–Crippen LogP) is 7.73. The smallest absolute Gasteiger partial charge is 0.307 e.